The average molecular weight is 366 g/mol. The third-order valence-corrected chi connectivity index (χ3v) is 10.5. The van der Waals surface area contributed by atoms with E-state index in [1.807, 2.05) is 0 Å². The standard InChI is InChI=1S/C13H30Cl3N3P/c1-7-17(8-2)20(13(14,15)16,18(9-3)10-4)19(11-5)12-6/h7-12H2,1-6H3/q+1. The number of halogens is 3. The van der Waals surface area contributed by atoms with Gasteiger partial charge in [-0.15, -0.1) is 14.0 Å². The van der Waals surface area contributed by atoms with Crippen molar-refractivity contribution in [1.82, 2.24) is 14.0 Å². The molecule has 0 N–H and O–H groups in total. The molecule has 0 rings (SSSR count). The Labute approximate surface area is 141 Å². The van der Waals surface area contributed by atoms with Crippen LogP contribution in [0.4, 0.5) is 0 Å². The third-order valence-electron chi connectivity index (χ3n) is 3.71. The minimum Gasteiger partial charge on any atom is -0.145 e. The first-order valence-corrected chi connectivity index (χ1v) is 10.3. The van der Waals surface area contributed by atoms with Crippen LogP contribution in [0.1, 0.15) is 41.5 Å². The molecule has 0 aromatic rings. The van der Waals surface area contributed by atoms with E-state index < -0.39 is 11.2 Å². The highest BCUT2D eigenvalue weighted by molar-refractivity contribution is 7.76. The van der Waals surface area contributed by atoms with E-state index in [4.69, 9.17) is 34.8 Å². The first-order valence-electron chi connectivity index (χ1n) is 7.53. The molecule has 0 aliphatic carbocycles. The van der Waals surface area contributed by atoms with Crippen molar-refractivity contribution in [2.75, 3.05) is 39.3 Å². The molecule has 0 aromatic carbocycles. The fourth-order valence-corrected chi connectivity index (χ4v) is 10.2. The van der Waals surface area contributed by atoms with Crippen LogP contribution >= 0.6 is 42.5 Å². The quantitative estimate of drug-likeness (QED) is 0.415. The highest BCUT2D eigenvalue weighted by Crippen LogP contribution is 2.79. The molecule has 0 heterocycles. The molecule has 3 nitrogen and oxygen atoms in total. The van der Waals surface area contributed by atoms with Crippen LogP contribution in [0.2, 0.25) is 0 Å². The van der Waals surface area contributed by atoms with Gasteiger partial charge in [0.2, 0.25) is 0 Å². The topological polar surface area (TPSA) is 9.72 Å². The van der Waals surface area contributed by atoms with E-state index in [2.05, 4.69) is 55.6 Å². The van der Waals surface area contributed by atoms with Gasteiger partial charge in [-0.2, -0.15) is 0 Å². The van der Waals surface area contributed by atoms with Crippen molar-refractivity contribution in [2.24, 2.45) is 0 Å². The molecule has 0 atom stereocenters. The van der Waals surface area contributed by atoms with Crippen molar-refractivity contribution < 1.29 is 0 Å². The summed E-state index contributed by atoms with van der Waals surface area (Å²) in [6, 6.07) is 0. The first-order chi connectivity index (χ1) is 9.31. The maximum Gasteiger partial charge on any atom is 0.348 e. The van der Waals surface area contributed by atoms with Crippen molar-refractivity contribution in [1.29, 1.82) is 0 Å². The molecule has 0 amide bonds. The monoisotopic (exact) mass is 364 g/mol. The molecule has 20 heavy (non-hydrogen) atoms. The summed E-state index contributed by atoms with van der Waals surface area (Å²) in [5.74, 6) is 0. The molecule has 7 heteroatoms. The summed E-state index contributed by atoms with van der Waals surface area (Å²) in [5.41, 5.74) is 0. The molecular formula is C13H30Cl3N3P+. The number of hydrogen-bond donors (Lipinski definition) is 0. The van der Waals surface area contributed by atoms with Gasteiger partial charge in [0.15, 0.2) is 0 Å². The number of nitrogens with zero attached hydrogens (tertiary/aromatic N) is 3. The molecule has 0 aliphatic rings. The third kappa shape index (κ3) is 3.93. The molecule has 0 aliphatic heterocycles. The van der Waals surface area contributed by atoms with E-state index in [9.17, 15) is 0 Å². The first kappa shape index (κ1) is 21.2. The minimum absolute atomic E-state index is 0.880. The fourth-order valence-electron chi connectivity index (χ4n) is 2.87. The van der Waals surface area contributed by atoms with Crippen LogP contribution in [0.5, 0.6) is 0 Å². The van der Waals surface area contributed by atoms with Crippen molar-refractivity contribution in [3.63, 3.8) is 0 Å². The Kier molecular flexibility index (Phi) is 9.90. The van der Waals surface area contributed by atoms with Crippen LogP contribution in [0.25, 0.3) is 0 Å². The van der Waals surface area contributed by atoms with Gasteiger partial charge in [-0.25, -0.2) is 0 Å². The lowest BCUT2D eigenvalue weighted by Gasteiger charge is -2.49. The summed E-state index contributed by atoms with van der Waals surface area (Å²) in [4.78, 5) is 0. The Morgan fingerprint density at radius 2 is 0.800 bits per heavy atom. The van der Waals surface area contributed by atoms with E-state index >= 15 is 0 Å². The summed E-state index contributed by atoms with van der Waals surface area (Å²) in [6.07, 6.45) is 0. The van der Waals surface area contributed by atoms with Gasteiger partial charge in [0.25, 0.3) is 7.71 Å². The Morgan fingerprint density at radius 3 is 0.900 bits per heavy atom. The van der Waals surface area contributed by atoms with Gasteiger partial charge in [0.05, 0.1) is 0 Å². The molecule has 0 radical (unpaired) electrons. The summed E-state index contributed by atoms with van der Waals surface area (Å²) >= 11 is 19.7. The summed E-state index contributed by atoms with van der Waals surface area (Å²) in [5, 5.41) is 0. The van der Waals surface area contributed by atoms with E-state index in [0.717, 1.165) is 39.3 Å². The SMILES string of the molecule is CCN(CC)[P+](N(CC)CC)(N(CC)CC)C(Cl)(Cl)Cl. The second kappa shape index (κ2) is 9.35. The molecular weight excluding hydrogens is 335 g/mol. The number of hydrogen-bond acceptors (Lipinski definition) is 3. The number of rotatable bonds is 9. The molecule has 0 spiro atoms. The van der Waals surface area contributed by atoms with Gasteiger partial charge in [0.1, 0.15) is 0 Å². The Balaban J connectivity index is 6.15. The van der Waals surface area contributed by atoms with Crippen LogP contribution in [0.15, 0.2) is 0 Å². The summed E-state index contributed by atoms with van der Waals surface area (Å²) in [7, 11) is -2.21. The van der Waals surface area contributed by atoms with Crippen molar-refractivity contribution >= 4 is 42.5 Å². The molecule has 0 saturated heterocycles. The fraction of sp³-hybridized carbons (Fsp3) is 1.00. The highest BCUT2D eigenvalue weighted by Gasteiger charge is 2.67. The lowest BCUT2D eigenvalue weighted by molar-refractivity contribution is 0.328. The molecule has 0 aromatic heterocycles. The summed E-state index contributed by atoms with van der Waals surface area (Å²) in [6.45, 7) is 18.1. The zero-order valence-corrected chi connectivity index (χ0v) is 16.8. The van der Waals surface area contributed by atoms with Gasteiger partial charge >= 0.3 is 3.53 Å². The van der Waals surface area contributed by atoms with Crippen molar-refractivity contribution in [3.05, 3.63) is 0 Å². The smallest absolute Gasteiger partial charge is 0.145 e. The lowest BCUT2D eigenvalue weighted by Crippen LogP contribution is -2.50. The Morgan fingerprint density at radius 1 is 0.600 bits per heavy atom. The van der Waals surface area contributed by atoms with E-state index in [1.54, 1.807) is 0 Å². The Bertz CT molecular complexity index is 231. The minimum atomic E-state index is -2.21. The average Bonchev–Trinajstić information content (AvgIpc) is 2.40. The van der Waals surface area contributed by atoms with Crippen LogP contribution in [0, 0.1) is 0 Å². The lowest BCUT2D eigenvalue weighted by atomic mass is 10.7. The van der Waals surface area contributed by atoms with E-state index in [0.29, 0.717) is 0 Å². The maximum atomic E-state index is 6.57. The molecule has 0 fully saturated rings. The zero-order chi connectivity index (χ0) is 16.0. The second-order valence-corrected chi connectivity index (χ2v) is 11.0. The van der Waals surface area contributed by atoms with Crippen LogP contribution in [-0.4, -0.2) is 56.8 Å². The summed E-state index contributed by atoms with van der Waals surface area (Å²) < 4.78 is 5.77. The van der Waals surface area contributed by atoms with E-state index in [1.165, 1.54) is 0 Å². The van der Waals surface area contributed by atoms with Gasteiger partial charge in [-0.05, 0) is 76.3 Å². The van der Waals surface area contributed by atoms with Crippen LogP contribution < -0.4 is 0 Å². The van der Waals surface area contributed by atoms with Crippen molar-refractivity contribution in [2.45, 2.75) is 45.1 Å². The zero-order valence-electron chi connectivity index (χ0n) is 13.7. The maximum absolute atomic E-state index is 6.57. The molecule has 122 valence electrons. The van der Waals surface area contributed by atoms with Gasteiger partial charge in [-0.1, -0.05) is 0 Å². The Hall–Kier alpha value is 1.18. The highest BCUT2D eigenvalue weighted by atomic mass is 35.6. The predicted octanol–water partition coefficient (Wildman–Crippen LogP) is 5.10. The second-order valence-electron chi connectivity index (χ2n) is 4.45. The van der Waals surface area contributed by atoms with Crippen LogP contribution in [-0.2, 0) is 0 Å². The van der Waals surface area contributed by atoms with E-state index in [-0.39, 0.29) is 0 Å². The van der Waals surface area contributed by atoms with Crippen LogP contribution in [0.3, 0.4) is 0 Å². The molecule has 0 saturated carbocycles. The number of alkyl halides is 3. The predicted molar refractivity (Wildman–Crippen MR) is 96.0 cm³/mol. The van der Waals surface area contributed by atoms with Gasteiger partial charge in [0, 0.05) is 39.3 Å². The van der Waals surface area contributed by atoms with Gasteiger partial charge < -0.3 is 0 Å². The van der Waals surface area contributed by atoms with Gasteiger partial charge in [-0.3, -0.25) is 0 Å². The largest absolute Gasteiger partial charge is 0.348 e. The van der Waals surface area contributed by atoms with Crippen molar-refractivity contribution in [3.8, 4) is 0 Å². The normalized spacial score (nSPS) is 13.8. The molecule has 0 bridgehead atoms. The molecule has 0 unspecified atom stereocenters.